The molecule has 0 aliphatic rings. The van der Waals surface area contributed by atoms with Gasteiger partial charge in [0, 0.05) is 5.69 Å². The van der Waals surface area contributed by atoms with Gasteiger partial charge < -0.3 is 4.57 Å². The van der Waals surface area contributed by atoms with Crippen LogP contribution in [-0.2, 0) is 13.1 Å². The maximum absolute atomic E-state index is 12.5. The van der Waals surface area contributed by atoms with Gasteiger partial charge in [0.2, 0.25) is 0 Å². The highest BCUT2D eigenvalue weighted by Gasteiger charge is 2.14. The van der Waals surface area contributed by atoms with Crippen LogP contribution < -0.4 is 5.56 Å². The van der Waals surface area contributed by atoms with Gasteiger partial charge in [-0.1, -0.05) is 30.3 Å². The fourth-order valence-electron chi connectivity index (χ4n) is 2.62. The molecule has 1 aromatic carbocycles. The van der Waals surface area contributed by atoms with Crippen LogP contribution in [-0.4, -0.2) is 24.8 Å². The van der Waals surface area contributed by atoms with Crippen molar-refractivity contribution >= 4 is 0 Å². The van der Waals surface area contributed by atoms with Gasteiger partial charge in [0.1, 0.15) is 11.6 Å². The van der Waals surface area contributed by atoms with Crippen molar-refractivity contribution in [2.24, 2.45) is 0 Å². The van der Waals surface area contributed by atoms with Crippen molar-refractivity contribution in [1.82, 2.24) is 24.8 Å². The molecule has 0 unspecified atom stereocenters. The number of hydrogen-bond donors (Lipinski definition) is 0. The number of aromatic nitrogens is 5. The van der Waals surface area contributed by atoms with E-state index in [-0.39, 0.29) is 17.7 Å². The van der Waals surface area contributed by atoms with Gasteiger partial charge in [0.25, 0.3) is 5.56 Å². The fraction of sp³-hybridized carbons (Fsp3) is 0.235. The summed E-state index contributed by atoms with van der Waals surface area (Å²) in [4.78, 5) is 12.5. The molecule has 0 spiro atoms. The summed E-state index contributed by atoms with van der Waals surface area (Å²) in [6, 6.07) is 13.6. The van der Waals surface area contributed by atoms with Crippen molar-refractivity contribution in [2.45, 2.75) is 26.9 Å². The summed E-state index contributed by atoms with van der Waals surface area (Å²) in [5.41, 5.74) is 2.36. The van der Waals surface area contributed by atoms with E-state index >= 15 is 0 Å². The molecule has 3 aromatic rings. The lowest BCUT2D eigenvalue weighted by molar-refractivity contribution is 0.586. The lowest BCUT2D eigenvalue weighted by atomic mass is 10.1. The number of rotatable bonds is 4. The molecule has 7 heteroatoms. The first kappa shape index (κ1) is 15.6. The van der Waals surface area contributed by atoms with Crippen molar-refractivity contribution < 1.29 is 0 Å². The van der Waals surface area contributed by atoms with Crippen LogP contribution in [0.4, 0.5) is 0 Å². The largest absolute Gasteiger partial charge is 0.304 e. The quantitative estimate of drug-likeness (QED) is 0.725. The van der Waals surface area contributed by atoms with Gasteiger partial charge in [0.05, 0.1) is 13.1 Å². The average molecular weight is 320 g/mol. The van der Waals surface area contributed by atoms with Crippen LogP contribution in [0.5, 0.6) is 0 Å². The molecule has 7 nitrogen and oxygen atoms in total. The molecule has 2 aromatic heterocycles. The Labute approximate surface area is 138 Å². The van der Waals surface area contributed by atoms with E-state index in [1.807, 2.05) is 49.4 Å². The highest BCUT2D eigenvalue weighted by atomic mass is 16.1. The van der Waals surface area contributed by atoms with Gasteiger partial charge in [-0.15, -0.1) is 5.10 Å². The third kappa shape index (κ3) is 2.94. The summed E-state index contributed by atoms with van der Waals surface area (Å²) in [5, 5.41) is 20.9. The Bertz CT molecular complexity index is 965. The Balaban J connectivity index is 1.95. The van der Waals surface area contributed by atoms with Gasteiger partial charge in [-0.2, -0.15) is 5.26 Å². The van der Waals surface area contributed by atoms with E-state index in [9.17, 15) is 10.1 Å². The number of hydrogen-bond acceptors (Lipinski definition) is 5. The van der Waals surface area contributed by atoms with Crippen LogP contribution in [0.15, 0.2) is 41.2 Å². The molecule has 0 radical (unpaired) electrons. The summed E-state index contributed by atoms with van der Waals surface area (Å²) < 4.78 is 3.19. The minimum atomic E-state index is -0.315. The van der Waals surface area contributed by atoms with E-state index in [2.05, 4.69) is 15.5 Å². The predicted octanol–water partition coefficient (Wildman–Crippen LogP) is 1.42. The van der Waals surface area contributed by atoms with Gasteiger partial charge in [-0.3, -0.25) is 4.79 Å². The van der Waals surface area contributed by atoms with Gasteiger partial charge in [-0.05, 0) is 41.5 Å². The van der Waals surface area contributed by atoms with E-state index in [1.54, 1.807) is 11.6 Å². The summed E-state index contributed by atoms with van der Waals surface area (Å²) in [6.45, 7) is 4.34. The van der Waals surface area contributed by atoms with Crippen LogP contribution in [0.2, 0.25) is 0 Å². The van der Waals surface area contributed by atoms with Crippen LogP contribution in [0.1, 0.15) is 28.2 Å². The molecule has 120 valence electrons. The number of tetrazole rings is 1. The molecule has 0 fully saturated rings. The lowest BCUT2D eigenvalue weighted by Crippen LogP contribution is -2.27. The zero-order valence-corrected chi connectivity index (χ0v) is 13.5. The molecule has 0 amide bonds. The molecule has 0 aliphatic heterocycles. The van der Waals surface area contributed by atoms with Crippen LogP contribution in [0, 0.1) is 25.2 Å². The third-order valence-corrected chi connectivity index (χ3v) is 3.90. The summed E-state index contributed by atoms with van der Waals surface area (Å²) in [6.07, 6.45) is 0. The van der Waals surface area contributed by atoms with Crippen molar-refractivity contribution in [2.75, 3.05) is 0 Å². The predicted molar refractivity (Wildman–Crippen MR) is 87.4 cm³/mol. The minimum Gasteiger partial charge on any atom is -0.304 e. The van der Waals surface area contributed by atoms with E-state index < -0.39 is 0 Å². The normalized spacial score (nSPS) is 10.5. The molecule has 0 saturated heterocycles. The zero-order valence-electron chi connectivity index (χ0n) is 13.5. The Hall–Kier alpha value is -3.27. The summed E-state index contributed by atoms with van der Waals surface area (Å²) in [7, 11) is 0. The highest BCUT2D eigenvalue weighted by Crippen LogP contribution is 2.08. The topological polar surface area (TPSA) is 89.4 Å². The smallest absolute Gasteiger partial charge is 0.269 e. The molecule has 0 N–H and O–H groups in total. The maximum atomic E-state index is 12.5. The number of pyridine rings is 1. The Morgan fingerprint density at radius 1 is 1.17 bits per heavy atom. The molecular weight excluding hydrogens is 304 g/mol. The van der Waals surface area contributed by atoms with E-state index in [0.29, 0.717) is 17.9 Å². The van der Waals surface area contributed by atoms with Crippen LogP contribution in [0.25, 0.3) is 0 Å². The molecule has 2 heterocycles. The SMILES string of the molecule is Cc1cc(C)n(Cc2nnnn2Cc2ccccc2)c(=O)c1C#N. The second-order valence-corrected chi connectivity index (χ2v) is 5.59. The van der Waals surface area contributed by atoms with Gasteiger partial charge in [0.15, 0.2) is 5.82 Å². The molecule has 0 atom stereocenters. The molecule has 3 rings (SSSR count). The Morgan fingerprint density at radius 3 is 2.62 bits per heavy atom. The lowest BCUT2D eigenvalue weighted by Gasteiger charge is -2.12. The maximum Gasteiger partial charge on any atom is 0.269 e. The van der Waals surface area contributed by atoms with Crippen molar-refractivity contribution in [3.63, 3.8) is 0 Å². The van der Waals surface area contributed by atoms with Crippen LogP contribution in [0.3, 0.4) is 0 Å². The molecule has 0 saturated carbocycles. The average Bonchev–Trinajstić information content (AvgIpc) is 2.99. The van der Waals surface area contributed by atoms with Gasteiger partial charge in [-0.25, -0.2) is 4.68 Å². The number of nitriles is 1. The van der Waals surface area contributed by atoms with Crippen LogP contribution >= 0.6 is 0 Å². The van der Waals surface area contributed by atoms with Crippen molar-refractivity contribution in [3.05, 3.63) is 75.0 Å². The number of aryl methyl sites for hydroxylation is 2. The highest BCUT2D eigenvalue weighted by molar-refractivity contribution is 5.36. The van der Waals surface area contributed by atoms with Crippen molar-refractivity contribution in [1.29, 1.82) is 5.26 Å². The molecule has 0 bridgehead atoms. The molecular formula is C17H16N6O. The summed E-state index contributed by atoms with van der Waals surface area (Å²) >= 11 is 0. The van der Waals surface area contributed by atoms with E-state index in [4.69, 9.17) is 0 Å². The standard InChI is InChI=1S/C17H16N6O/c1-12-8-13(2)22(17(24)15(12)9-18)11-16-19-20-21-23(16)10-14-6-4-3-5-7-14/h3-8H,10-11H2,1-2H3. The second-order valence-electron chi connectivity index (χ2n) is 5.59. The number of nitrogens with zero attached hydrogens (tertiary/aromatic N) is 6. The molecule has 0 aliphatic carbocycles. The second kappa shape index (κ2) is 6.46. The monoisotopic (exact) mass is 320 g/mol. The molecule has 24 heavy (non-hydrogen) atoms. The number of benzene rings is 1. The first-order chi connectivity index (χ1) is 11.6. The zero-order chi connectivity index (χ0) is 17.1. The minimum absolute atomic E-state index is 0.155. The van der Waals surface area contributed by atoms with Gasteiger partial charge >= 0.3 is 0 Å². The Kier molecular flexibility index (Phi) is 4.20. The Morgan fingerprint density at radius 2 is 1.92 bits per heavy atom. The fourth-order valence-corrected chi connectivity index (χ4v) is 2.62. The van der Waals surface area contributed by atoms with E-state index in [1.165, 1.54) is 4.57 Å². The van der Waals surface area contributed by atoms with Crippen molar-refractivity contribution in [3.8, 4) is 6.07 Å². The van der Waals surface area contributed by atoms with E-state index in [0.717, 1.165) is 11.3 Å². The third-order valence-electron chi connectivity index (χ3n) is 3.90. The first-order valence-corrected chi connectivity index (χ1v) is 7.50. The summed E-state index contributed by atoms with van der Waals surface area (Å²) in [5.74, 6) is 0.566. The first-order valence-electron chi connectivity index (χ1n) is 7.50.